The van der Waals surface area contributed by atoms with E-state index in [1.54, 1.807) is 10.5 Å². The molecule has 1 aromatic carbocycles. The topological polar surface area (TPSA) is 38.8 Å². The molecule has 1 unspecified atom stereocenters. The molecule has 0 spiro atoms. The van der Waals surface area contributed by atoms with Crippen LogP contribution in [-0.4, -0.2) is 16.4 Å². The van der Waals surface area contributed by atoms with Gasteiger partial charge < -0.3 is 4.90 Å². The molecule has 0 aliphatic heterocycles. The normalized spacial score (nSPS) is 12.5. The lowest BCUT2D eigenvalue weighted by atomic mass is 10.1. The summed E-state index contributed by atoms with van der Waals surface area (Å²) in [6.07, 6.45) is 1.83. The van der Waals surface area contributed by atoms with Crippen molar-refractivity contribution in [3.8, 4) is 0 Å². The van der Waals surface area contributed by atoms with E-state index in [1.165, 1.54) is 16.0 Å². The minimum absolute atomic E-state index is 0.0168. The highest BCUT2D eigenvalue weighted by Crippen LogP contribution is 2.03. The maximum atomic E-state index is 12.2. The average Bonchev–Trinajstić information content (AvgIpc) is 2.50. The molecular weight excluding hydrogens is 286 g/mol. The van der Waals surface area contributed by atoms with Gasteiger partial charge in [0, 0.05) is 17.8 Å². The van der Waals surface area contributed by atoms with Crippen molar-refractivity contribution in [2.24, 2.45) is 0 Å². The summed E-state index contributed by atoms with van der Waals surface area (Å²) in [5.74, 6) is 0. The fourth-order valence-corrected chi connectivity index (χ4v) is 2.77. The Morgan fingerprint density at radius 1 is 1.00 bits per heavy atom. The number of hydrogen-bond acceptors (Lipinski definition) is 2. The highest BCUT2D eigenvalue weighted by atomic mass is 16.1. The lowest BCUT2D eigenvalue weighted by Gasteiger charge is -2.14. The molecule has 0 saturated heterocycles. The van der Waals surface area contributed by atoms with Gasteiger partial charge in [-0.05, 0) is 25.5 Å². The number of quaternary nitrogens is 1. The first-order chi connectivity index (χ1) is 11.0. The second kappa shape index (κ2) is 6.34. The van der Waals surface area contributed by atoms with Crippen molar-refractivity contribution in [3.05, 3.63) is 81.4 Å². The molecular formula is C19H22N3O+. The van der Waals surface area contributed by atoms with Gasteiger partial charge in [-0.2, -0.15) is 0 Å². The third-order valence-electron chi connectivity index (χ3n) is 3.97. The van der Waals surface area contributed by atoms with Gasteiger partial charge in [0.05, 0.1) is 7.05 Å². The molecule has 4 heteroatoms. The van der Waals surface area contributed by atoms with E-state index in [9.17, 15) is 4.79 Å². The highest BCUT2D eigenvalue weighted by Gasteiger charge is 2.09. The van der Waals surface area contributed by atoms with Gasteiger partial charge in [0.25, 0.3) is 5.56 Å². The first-order valence-electron chi connectivity index (χ1n) is 7.87. The molecule has 23 heavy (non-hydrogen) atoms. The predicted molar refractivity (Wildman–Crippen MR) is 91.7 cm³/mol. The van der Waals surface area contributed by atoms with Crippen LogP contribution in [0.5, 0.6) is 0 Å². The van der Waals surface area contributed by atoms with Crippen molar-refractivity contribution in [1.82, 2.24) is 9.38 Å². The molecule has 118 valence electrons. The second-order valence-electron chi connectivity index (χ2n) is 6.32. The standard InChI is InChI=1S/C19H21N3O/c1-14-4-7-16(8-5-14)12-21(3)13-17-10-19(23)22-11-15(2)6-9-18(22)20-17/h4-11H,12-13H2,1-3H3/p+1. The van der Waals surface area contributed by atoms with E-state index in [2.05, 4.69) is 43.2 Å². The summed E-state index contributed by atoms with van der Waals surface area (Å²) in [6.45, 7) is 5.70. The molecule has 1 N–H and O–H groups in total. The van der Waals surface area contributed by atoms with Crippen LogP contribution < -0.4 is 10.5 Å². The van der Waals surface area contributed by atoms with E-state index in [0.717, 1.165) is 24.3 Å². The number of pyridine rings is 1. The van der Waals surface area contributed by atoms with E-state index in [1.807, 2.05) is 25.3 Å². The molecule has 3 aromatic rings. The number of benzene rings is 1. The Labute approximate surface area is 136 Å². The van der Waals surface area contributed by atoms with Crippen molar-refractivity contribution in [1.29, 1.82) is 0 Å². The molecule has 1 atom stereocenters. The lowest BCUT2D eigenvalue weighted by molar-refractivity contribution is -0.908. The number of nitrogens with zero attached hydrogens (tertiary/aromatic N) is 2. The van der Waals surface area contributed by atoms with Crippen molar-refractivity contribution in [2.75, 3.05) is 7.05 Å². The van der Waals surface area contributed by atoms with Crippen LogP contribution >= 0.6 is 0 Å². The zero-order valence-corrected chi connectivity index (χ0v) is 13.8. The Hall–Kier alpha value is -2.46. The van der Waals surface area contributed by atoms with Crippen LogP contribution in [0.3, 0.4) is 0 Å². The van der Waals surface area contributed by atoms with Gasteiger partial charge in [-0.25, -0.2) is 4.98 Å². The van der Waals surface area contributed by atoms with Crippen LogP contribution in [0.15, 0.2) is 53.5 Å². The third kappa shape index (κ3) is 3.66. The van der Waals surface area contributed by atoms with Crippen LogP contribution in [0, 0.1) is 13.8 Å². The van der Waals surface area contributed by atoms with Gasteiger partial charge in [0.2, 0.25) is 0 Å². The summed E-state index contributed by atoms with van der Waals surface area (Å²) in [6, 6.07) is 14.1. The molecule has 0 aliphatic carbocycles. The van der Waals surface area contributed by atoms with Crippen LogP contribution in [0.1, 0.15) is 22.4 Å². The summed E-state index contributed by atoms with van der Waals surface area (Å²) in [5, 5.41) is 0. The van der Waals surface area contributed by atoms with Gasteiger partial charge in [-0.1, -0.05) is 35.9 Å². The third-order valence-corrected chi connectivity index (χ3v) is 3.97. The molecule has 0 aliphatic rings. The van der Waals surface area contributed by atoms with Gasteiger partial charge in [0.1, 0.15) is 24.4 Å². The van der Waals surface area contributed by atoms with E-state index in [0.29, 0.717) is 5.65 Å². The van der Waals surface area contributed by atoms with E-state index in [4.69, 9.17) is 0 Å². The fraction of sp³-hybridized carbons (Fsp3) is 0.263. The fourth-order valence-electron chi connectivity index (χ4n) is 2.77. The first-order valence-corrected chi connectivity index (χ1v) is 7.87. The minimum atomic E-state index is -0.0168. The largest absolute Gasteiger partial charge is 0.329 e. The molecule has 3 rings (SSSR count). The molecule has 0 saturated carbocycles. The van der Waals surface area contributed by atoms with Crippen LogP contribution in [0.2, 0.25) is 0 Å². The monoisotopic (exact) mass is 308 g/mol. The Kier molecular flexibility index (Phi) is 4.26. The molecule has 2 aromatic heterocycles. The number of aryl methyl sites for hydroxylation is 2. The Morgan fingerprint density at radius 3 is 2.43 bits per heavy atom. The molecule has 2 heterocycles. The maximum absolute atomic E-state index is 12.2. The summed E-state index contributed by atoms with van der Waals surface area (Å²) < 4.78 is 1.61. The zero-order valence-electron chi connectivity index (χ0n) is 13.8. The first kappa shape index (κ1) is 15.4. The summed E-state index contributed by atoms with van der Waals surface area (Å²) in [7, 11) is 2.12. The van der Waals surface area contributed by atoms with Crippen molar-refractivity contribution in [2.45, 2.75) is 26.9 Å². The maximum Gasteiger partial charge on any atom is 0.258 e. The summed E-state index contributed by atoms with van der Waals surface area (Å²) in [4.78, 5) is 18.2. The van der Waals surface area contributed by atoms with E-state index < -0.39 is 0 Å². The van der Waals surface area contributed by atoms with Crippen molar-refractivity contribution in [3.63, 3.8) is 0 Å². The molecule has 0 fully saturated rings. The van der Waals surface area contributed by atoms with Crippen LogP contribution in [-0.2, 0) is 13.1 Å². The molecule has 4 nitrogen and oxygen atoms in total. The number of nitrogens with one attached hydrogen (secondary N) is 1. The van der Waals surface area contributed by atoms with Gasteiger partial charge >= 0.3 is 0 Å². The number of fused-ring (bicyclic) bond motifs is 1. The van der Waals surface area contributed by atoms with Gasteiger partial charge in [-0.15, -0.1) is 0 Å². The molecule has 0 radical (unpaired) electrons. The summed E-state index contributed by atoms with van der Waals surface area (Å²) >= 11 is 0. The smallest absolute Gasteiger partial charge is 0.258 e. The molecule has 0 amide bonds. The average molecular weight is 308 g/mol. The van der Waals surface area contributed by atoms with Crippen molar-refractivity contribution >= 4 is 5.65 Å². The second-order valence-corrected chi connectivity index (χ2v) is 6.32. The highest BCUT2D eigenvalue weighted by molar-refractivity contribution is 5.39. The van der Waals surface area contributed by atoms with Crippen LogP contribution in [0.4, 0.5) is 0 Å². The SMILES string of the molecule is Cc1ccc(C[NH+](C)Cc2cc(=O)n3cc(C)ccc3n2)cc1. The quantitative estimate of drug-likeness (QED) is 0.794. The zero-order chi connectivity index (χ0) is 16.4. The van der Waals surface area contributed by atoms with E-state index >= 15 is 0 Å². The van der Waals surface area contributed by atoms with Crippen LogP contribution in [0.25, 0.3) is 5.65 Å². The minimum Gasteiger partial charge on any atom is -0.329 e. The predicted octanol–water partition coefficient (Wildman–Crippen LogP) is 1.53. The van der Waals surface area contributed by atoms with Gasteiger partial charge in [0.15, 0.2) is 0 Å². The van der Waals surface area contributed by atoms with Gasteiger partial charge in [-0.3, -0.25) is 9.20 Å². The van der Waals surface area contributed by atoms with Crippen molar-refractivity contribution < 1.29 is 4.90 Å². The Balaban J connectivity index is 1.79. The molecule has 0 bridgehead atoms. The Morgan fingerprint density at radius 2 is 1.70 bits per heavy atom. The van der Waals surface area contributed by atoms with E-state index in [-0.39, 0.29) is 5.56 Å². The number of aromatic nitrogens is 2. The Bertz CT molecular complexity index is 881. The lowest BCUT2D eigenvalue weighted by Crippen LogP contribution is -3.06. The number of rotatable bonds is 4. The summed E-state index contributed by atoms with van der Waals surface area (Å²) in [5.41, 5.74) is 5.14. The number of hydrogen-bond donors (Lipinski definition) is 1.